The highest BCUT2D eigenvalue weighted by Gasteiger charge is 2.21. The molecule has 0 unspecified atom stereocenters. The van der Waals surface area contributed by atoms with Gasteiger partial charge in [0.2, 0.25) is 5.95 Å². The highest BCUT2D eigenvalue weighted by Crippen LogP contribution is 2.43. The second-order valence-electron chi connectivity index (χ2n) is 13.7. The van der Waals surface area contributed by atoms with Gasteiger partial charge in [-0.2, -0.15) is 9.97 Å². The molecule has 0 aliphatic heterocycles. The van der Waals surface area contributed by atoms with Crippen LogP contribution in [-0.2, 0) is 0 Å². The topological polar surface area (TPSA) is 69.4 Å². The first-order chi connectivity index (χ1) is 27.7. The van der Waals surface area contributed by atoms with E-state index in [4.69, 9.17) is 24.9 Å². The summed E-state index contributed by atoms with van der Waals surface area (Å²) < 4.78 is 4.69. The van der Waals surface area contributed by atoms with Crippen molar-refractivity contribution in [3.63, 3.8) is 0 Å². The molecule has 0 amide bonds. The first-order valence-corrected chi connectivity index (χ1v) is 19.3. The lowest BCUT2D eigenvalue weighted by Crippen LogP contribution is -2.06. The Hall–Kier alpha value is -7.35. The fourth-order valence-electron chi connectivity index (χ4n) is 7.63. The Morgan fingerprint density at radius 3 is 1.62 bits per heavy atom. The van der Waals surface area contributed by atoms with Crippen molar-refractivity contribution < 1.29 is 0 Å². The van der Waals surface area contributed by atoms with Gasteiger partial charge in [-0.1, -0.05) is 158 Å². The number of para-hydroxylation sites is 1. The molecule has 11 rings (SSSR count). The van der Waals surface area contributed by atoms with Crippen LogP contribution in [0.4, 0.5) is 0 Å². The first kappa shape index (κ1) is 32.1. The summed E-state index contributed by atoms with van der Waals surface area (Å²) in [6.07, 6.45) is 0. The van der Waals surface area contributed by atoms with Crippen molar-refractivity contribution in [2.75, 3.05) is 0 Å². The quantitative estimate of drug-likeness (QED) is 0.170. The van der Waals surface area contributed by atoms with Gasteiger partial charge in [-0.25, -0.2) is 15.0 Å². The van der Waals surface area contributed by atoms with Crippen LogP contribution in [0, 0.1) is 0 Å². The van der Waals surface area contributed by atoms with E-state index in [9.17, 15) is 0 Å². The monoisotopic (exact) mass is 734 g/mol. The number of nitrogens with zero attached hydrogens (tertiary/aromatic N) is 6. The molecular weight excluding hydrogens is 705 g/mol. The van der Waals surface area contributed by atoms with Crippen molar-refractivity contribution in [2.45, 2.75) is 0 Å². The van der Waals surface area contributed by atoms with Crippen LogP contribution >= 0.6 is 11.3 Å². The zero-order valence-corrected chi connectivity index (χ0v) is 30.7. The van der Waals surface area contributed by atoms with Gasteiger partial charge < -0.3 is 0 Å². The van der Waals surface area contributed by atoms with E-state index < -0.39 is 0 Å². The van der Waals surface area contributed by atoms with Gasteiger partial charge in [-0.15, -0.1) is 11.3 Å². The van der Waals surface area contributed by atoms with Gasteiger partial charge >= 0.3 is 0 Å². The number of benzene rings is 7. The average Bonchev–Trinajstić information content (AvgIpc) is 3.83. The Labute approximate surface area is 326 Å². The molecule has 56 heavy (non-hydrogen) atoms. The standard InChI is InChI=1S/C49H30N6S/c1-4-15-31(16-5-1)40-30-41(51-46(50-40)32-17-6-2-7-18-32)34-21-14-22-35(29-34)48-52-47(33-19-8-3-9-20-33)53-49(54-48)55-42-25-12-10-23-36(42)38-27-28-39-37-24-11-13-26-43(37)56-45(39)44(38)55/h1-30H. The second-order valence-corrected chi connectivity index (χ2v) is 14.8. The minimum atomic E-state index is 0.565. The maximum atomic E-state index is 5.31. The molecule has 0 N–H and O–H groups in total. The highest BCUT2D eigenvalue weighted by atomic mass is 32.1. The molecule has 6 nitrogen and oxygen atoms in total. The minimum absolute atomic E-state index is 0.565. The lowest BCUT2D eigenvalue weighted by Gasteiger charge is -2.12. The van der Waals surface area contributed by atoms with E-state index in [1.807, 2.05) is 96.3 Å². The number of fused-ring (bicyclic) bond motifs is 7. The van der Waals surface area contributed by atoms with Crippen molar-refractivity contribution in [3.05, 3.63) is 182 Å². The summed E-state index contributed by atoms with van der Waals surface area (Å²) in [6, 6.07) is 62.5. The molecule has 7 aromatic carbocycles. The van der Waals surface area contributed by atoms with E-state index in [0.717, 1.165) is 61.0 Å². The van der Waals surface area contributed by atoms with Crippen LogP contribution in [0.15, 0.2) is 182 Å². The van der Waals surface area contributed by atoms with Gasteiger partial charge in [0.1, 0.15) is 0 Å². The normalized spacial score (nSPS) is 11.6. The molecule has 4 aromatic heterocycles. The largest absolute Gasteiger partial charge is 0.276 e. The lowest BCUT2D eigenvalue weighted by molar-refractivity contribution is 0.955. The molecule has 0 spiro atoms. The Balaban J connectivity index is 1.14. The van der Waals surface area contributed by atoms with E-state index >= 15 is 0 Å². The Morgan fingerprint density at radius 1 is 0.357 bits per heavy atom. The van der Waals surface area contributed by atoms with E-state index in [1.54, 1.807) is 0 Å². The average molecular weight is 735 g/mol. The zero-order chi connectivity index (χ0) is 37.0. The fourth-order valence-corrected chi connectivity index (χ4v) is 8.87. The third-order valence-corrected chi connectivity index (χ3v) is 11.5. The van der Waals surface area contributed by atoms with E-state index in [1.165, 1.54) is 20.2 Å². The van der Waals surface area contributed by atoms with Crippen LogP contribution in [0.3, 0.4) is 0 Å². The van der Waals surface area contributed by atoms with Crippen LogP contribution in [0.1, 0.15) is 0 Å². The molecule has 11 aromatic rings. The number of rotatable bonds is 6. The minimum Gasteiger partial charge on any atom is -0.276 e. The van der Waals surface area contributed by atoms with Crippen LogP contribution in [0.25, 0.3) is 105 Å². The predicted octanol–water partition coefficient (Wildman–Crippen LogP) is 12.5. The molecule has 0 saturated carbocycles. The van der Waals surface area contributed by atoms with Crippen LogP contribution < -0.4 is 0 Å². The van der Waals surface area contributed by atoms with Gasteiger partial charge in [0.05, 0.1) is 27.1 Å². The van der Waals surface area contributed by atoms with Crippen molar-refractivity contribution in [2.24, 2.45) is 0 Å². The fraction of sp³-hybridized carbons (Fsp3) is 0. The Kier molecular flexibility index (Phi) is 7.57. The molecule has 4 heterocycles. The Bertz CT molecular complexity index is 3190. The van der Waals surface area contributed by atoms with Gasteiger partial charge in [0.15, 0.2) is 17.5 Å². The van der Waals surface area contributed by atoms with E-state index in [-0.39, 0.29) is 0 Å². The summed E-state index contributed by atoms with van der Waals surface area (Å²) >= 11 is 1.81. The van der Waals surface area contributed by atoms with Crippen LogP contribution in [0.2, 0.25) is 0 Å². The maximum Gasteiger partial charge on any atom is 0.238 e. The SMILES string of the molecule is c1ccc(-c2cc(-c3cccc(-c4nc(-c5ccccc5)nc(-n5c6ccccc6c6ccc7c8ccccc8sc7c65)n4)c3)nc(-c3ccccc3)n2)cc1. The molecule has 262 valence electrons. The number of hydrogen-bond donors (Lipinski definition) is 0. The van der Waals surface area contributed by atoms with Crippen LogP contribution in [-0.4, -0.2) is 29.5 Å². The Morgan fingerprint density at radius 2 is 0.893 bits per heavy atom. The second kappa shape index (κ2) is 13.2. The first-order valence-electron chi connectivity index (χ1n) is 18.5. The van der Waals surface area contributed by atoms with Gasteiger partial charge in [-0.3, -0.25) is 4.57 Å². The molecule has 0 saturated heterocycles. The van der Waals surface area contributed by atoms with Gasteiger partial charge in [-0.05, 0) is 24.3 Å². The van der Waals surface area contributed by atoms with Crippen molar-refractivity contribution in [3.8, 4) is 62.6 Å². The maximum absolute atomic E-state index is 5.31. The van der Waals surface area contributed by atoms with E-state index in [2.05, 4.69) is 102 Å². The summed E-state index contributed by atoms with van der Waals surface area (Å²) in [5.74, 6) is 2.41. The third kappa shape index (κ3) is 5.44. The molecule has 0 aliphatic carbocycles. The molecular formula is C49H30N6S. The third-order valence-electron chi connectivity index (χ3n) is 10.3. The summed E-state index contributed by atoms with van der Waals surface area (Å²) in [4.78, 5) is 25.8. The summed E-state index contributed by atoms with van der Waals surface area (Å²) in [5, 5.41) is 4.79. The molecule has 0 aliphatic rings. The summed E-state index contributed by atoms with van der Waals surface area (Å²) in [5.41, 5.74) is 8.49. The zero-order valence-electron chi connectivity index (χ0n) is 29.9. The van der Waals surface area contributed by atoms with Gasteiger partial charge in [0.25, 0.3) is 0 Å². The number of thiophene rings is 1. The molecule has 0 radical (unpaired) electrons. The smallest absolute Gasteiger partial charge is 0.238 e. The molecule has 0 bridgehead atoms. The molecule has 0 fully saturated rings. The molecule has 0 atom stereocenters. The van der Waals surface area contributed by atoms with Crippen molar-refractivity contribution >= 4 is 53.3 Å². The van der Waals surface area contributed by atoms with Crippen LogP contribution in [0.5, 0.6) is 0 Å². The lowest BCUT2D eigenvalue weighted by atomic mass is 10.0. The van der Waals surface area contributed by atoms with Crippen molar-refractivity contribution in [1.82, 2.24) is 29.5 Å². The summed E-state index contributed by atoms with van der Waals surface area (Å²) in [6.45, 7) is 0. The van der Waals surface area contributed by atoms with Crippen molar-refractivity contribution in [1.29, 1.82) is 0 Å². The number of hydrogen-bond acceptors (Lipinski definition) is 6. The number of aromatic nitrogens is 6. The molecule has 7 heteroatoms. The predicted molar refractivity (Wildman–Crippen MR) is 230 cm³/mol. The summed E-state index contributed by atoms with van der Waals surface area (Å²) in [7, 11) is 0. The highest BCUT2D eigenvalue weighted by molar-refractivity contribution is 7.26. The van der Waals surface area contributed by atoms with E-state index in [0.29, 0.717) is 23.4 Å². The van der Waals surface area contributed by atoms with Gasteiger partial charge in [0, 0.05) is 54.1 Å².